The second kappa shape index (κ2) is 7.84. The van der Waals surface area contributed by atoms with Gasteiger partial charge < -0.3 is 10.6 Å². The van der Waals surface area contributed by atoms with Crippen LogP contribution in [0.25, 0.3) is 0 Å². The van der Waals surface area contributed by atoms with Gasteiger partial charge in [-0.05, 0) is 30.6 Å². The molecule has 1 fully saturated rings. The summed E-state index contributed by atoms with van der Waals surface area (Å²) in [5, 5.41) is 6.22. The Labute approximate surface area is 148 Å². The standard InChI is InChI=1S/C15H23F3N4O2S/c1-8(2)10-5-4-9(3)6-11(10)24-12(23)7-25-14-21-20-13(22(14)19)15(16,17)18/h8-11H,4-7,19H2,1-3H3/t9-,10-,11+/m1/s1. The van der Waals surface area contributed by atoms with Crippen LogP contribution in [0.4, 0.5) is 13.2 Å². The summed E-state index contributed by atoms with van der Waals surface area (Å²) < 4.78 is 43.8. The molecule has 6 nitrogen and oxygen atoms in total. The molecule has 0 saturated heterocycles. The van der Waals surface area contributed by atoms with Crippen LogP contribution in [0, 0.1) is 17.8 Å². The van der Waals surface area contributed by atoms with Crippen molar-refractivity contribution in [3.63, 3.8) is 0 Å². The number of ether oxygens (including phenoxy) is 1. The maximum Gasteiger partial charge on any atom is 0.453 e. The van der Waals surface area contributed by atoms with Gasteiger partial charge in [0.05, 0.1) is 5.75 Å². The van der Waals surface area contributed by atoms with Crippen molar-refractivity contribution in [2.45, 2.75) is 57.5 Å². The topological polar surface area (TPSA) is 83.0 Å². The van der Waals surface area contributed by atoms with Gasteiger partial charge in [0.2, 0.25) is 5.16 Å². The minimum atomic E-state index is -4.69. The molecule has 3 atom stereocenters. The molecule has 0 aromatic carbocycles. The fourth-order valence-electron chi connectivity index (χ4n) is 3.15. The van der Waals surface area contributed by atoms with Crippen molar-refractivity contribution in [2.75, 3.05) is 11.6 Å². The zero-order chi connectivity index (χ0) is 18.8. The summed E-state index contributed by atoms with van der Waals surface area (Å²) in [4.78, 5) is 12.1. The second-order valence-corrected chi connectivity index (χ2v) is 7.76. The number of carbonyl (C=O) groups is 1. The normalized spacial score (nSPS) is 24.5. The van der Waals surface area contributed by atoms with Crippen LogP contribution < -0.4 is 5.84 Å². The molecule has 0 amide bonds. The highest BCUT2D eigenvalue weighted by Gasteiger charge is 2.38. The predicted octanol–water partition coefficient (Wildman–Crippen LogP) is 3.11. The highest BCUT2D eigenvalue weighted by atomic mass is 32.2. The largest absolute Gasteiger partial charge is 0.461 e. The van der Waals surface area contributed by atoms with E-state index in [1.807, 2.05) is 0 Å². The van der Waals surface area contributed by atoms with Gasteiger partial charge in [-0.3, -0.25) is 4.79 Å². The number of aromatic nitrogens is 3. The van der Waals surface area contributed by atoms with E-state index in [4.69, 9.17) is 10.6 Å². The number of thioether (sulfide) groups is 1. The van der Waals surface area contributed by atoms with E-state index < -0.39 is 18.0 Å². The van der Waals surface area contributed by atoms with Gasteiger partial charge in [-0.2, -0.15) is 13.2 Å². The van der Waals surface area contributed by atoms with Gasteiger partial charge in [0.25, 0.3) is 5.82 Å². The van der Waals surface area contributed by atoms with Crippen molar-refractivity contribution >= 4 is 17.7 Å². The summed E-state index contributed by atoms with van der Waals surface area (Å²) in [6.45, 7) is 6.33. The Bertz CT molecular complexity index is 606. The molecular formula is C15H23F3N4O2S. The fraction of sp³-hybridized carbons (Fsp3) is 0.800. The van der Waals surface area contributed by atoms with Gasteiger partial charge in [0.1, 0.15) is 6.10 Å². The van der Waals surface area contributed by atoms with Crippen molar-refractivity contribution < 1.29 is 22.7 Å². The first-order valence-electron chi connectivity index (χ1n) is 8.19. The Kier molecular flexibility index (Phi) is 6.23. The van der Waals surface area contributed by atoms with Crippen molar-refractivity contribution in [3.8, 4) is 0 Å². The number of nitrogens with zero attached hydrogens (tertiary/aromatic N) is 3. The highest BCUT2D eigenvalue weighted by Crippen LogP contribution is 2.35. The lowest BCUT2D eigenvalue weighted by Gasteiger charge is -2.36. The lowest BCUT2D eigenvalue weighted by molar-refractivity contribution is -0.152. The number of alkyl halides is 3. The van der Waals surface area contributed by atoms with E-state index in [1.165, 1.54) is 0 Å². The van der Waals surface area contributed by atoms with Crippen LogP contribution >= 0.6 is 11.8 Å². The fourth-order valence-corrected chi connectivity index (χ4v) is 3.78. The van der Waals surface area contributed by atoms with Gasteiger partial charge >= 0.3 is 12.1 Å². The number of hydrogen-bond donors (Lipinski definition) is 1. The van der Waals surface area contributed by atoms with E-state index >= 15 is 0 Å². The van der Waals surface area contributed by atoms with Crippen molar-refractivity contribution in [2.24, 2.45) is 17.8 Å². The van der Waals surface area contributed by atoms with E-state index in [0.29, 0.717) is 22.4 Å². The Morgan fingerprint density at radius 2 is 2.08 bits per heavy atom. The maximum atomic E-state index is 12.6. The van der Waals surface area contributed by atoms with Gasteiger partial charge in [0, 0.05) is 0 Å². The van der Waals surface area contributed by atoms with Gasteiger partial charge in [-0.25, -0.2) is 4.68 Å². The number of rotatable bonds is 5. The summed E-state index contributed by atoms with van der Waals surface area (Å²) in [5.41, 5.74) is 0. The molecule has 1 saturated carbocycles. The molecular weight excluding hydrogens is 357 g/mol. The van der Waals surface area contributed by atoms with Crippen molar-refractivity contribution in [1.29, 1.82) is 0 Å². The number of nitrogens with two attached hydrogens (primary N) is 1. The molecule has 1 aliphatic carbocycles. The average molecular weight is 380 g/mol. The van der Waals surface area contributed by atoms with Crippen LogP contribution in [0.3, 0.4) is 0 Å². The van der Waals surface area contributed by atoms with Crippen LogP contribution in [0.15, 0.2) is 5.16 Å². The molecule has 1 aliphatic rings. The third kappa shape index (κ3) is 5.02. The van der Waals surface area contributed by atoms with E-state index in [2.05, 4.69) is 31.0 Å². The molecule has 2 rings (SSSR count). The molecule has 1 heterocycles. The van der Waals surface area contributed by atoms with E-state index in [9.17, 15) is 18.0 Å². The molecule has 25 heavy (non-hydrogen) atoms. The Balaban J connectivity index is 1.93. The lowest BCUT2D eigenvalue weighted by atomic mass is 9.75. The monoisotopic (exact) mass is 380 g/mol. The maximum absolute atomic E-state index is 12.6. The third-order valence-corrected chi connectivity index (χ3v) is 5.40. The Morgan fingerprint density at radius 1 is 1.40 bits per heavy atom. The lowest BCUT2D eigenvalue weighted by Crippen LogP contribution is -2.36. The SMILES string of the molecule is CC(C)[C@H]1CC[C@@H](C)C[C@@H]1OC(=O)CSc1nnc(C(F)(F)F)n1N. The predicted molar refractivity (Wildman–Crippen MR) is 87.1 cm³/mol. The number of halogens is 3. The van der Waals surface area contributed by atoms with E-state index in [0.717, 1.165) is 31.0 Å². The molecule has 0 bridgehead atoms. The molecule has 1 aromatic rings. The second-order valence-electron chi connectivity index (χ2n) is 6.82. The van der Waals surface area contributed by atoms with Crippen LogP contribution in [0.2, 0.25) is 0 Å². The highest BCUT2D eigenvalue weighted by molar-refractivity contribution is 7.99. The molecule has 142 valence electrons. The van der Waals surface area contributed by atoms with Crippen LogP contribution in [0.1, 0.15) is 45.9 Å². The Hall–Kier alpha value is -1.45. The van der Waals surface area contributed by atoms with Crippen molar-refractivity contribution in [3.05, 3.63) is 5.82 Å². The minimum absolute atomic E-state index is 0.154. The van der Waals surface area contributed by atoms with Gasteiger partial charge in [0.15, 0.2) is 0 Å². The molecule has 0 spiro atoms. The first kappa shape index (κ1) is 19.9. The van der Waals surface area contributed by atoms with Crippen LogP contribution in [-0.2, 0) is 15.7 Å². The van der Waals surface area contributed by atoms with E-state index in [-0.39, 0.29) is 17.0 Å². The zero-order valence-electron chi connectivity index (χ0n) is 14.4. The van der Waals surface area contributed by atoms with E-state index in [1.54, 1.807) is 0 Å². The molecule has 0 unspecified atom stereocenters. The summed E-state index contributed by atoms with van der Waals surface area (Å²) in [7, 11) is 0. The zero-order valence-corrected chi connectivity index (χ0v) is 15.2. The minimum Gasteiger partial charge on any atom is -0.461 e. The smallest absolute Gasteiger partial charge is 0.453 e. The quantitative estimate of drug-likeness (QED) is 0.480. The number of nitrogen functional groups attached to an aromatic ring is 1. The van der Waals surface area contributed by atoms with Crippen molar-refractivity contribution in [1.82, 2.24) is 14.9 Å². The first-order valence-corrected chi connectivity index (χ1v) is 9.18. The summed E-state index contributed by atoms with van der Waals surface area (Å²) in [6.07, 6.45) is -1.91. The Morgan fingerprint density at radius 3 is 2.64 bits per heavy atom. The molecule has 10 heteroatoms. The molecule has 1 aromatic heterocycles. The average Bonchev–Trinajstić information content (AvgIpc) is 2.86. The summed E-state index contributed by atoms with van der Waals surface area (Å²) in [6, 6.07) is 0. The summed E-state index contributed by atoms with van der Waals surface area (Å²) in [5.74, 6) is 4.59. The third-order valence-electron chi connectivity index (χ3n) is 4.48. The van der Waals surface area contributed by atoms with Gasteiger partial charge in [-0.1, -0.05) is 39.0 Å². The molecule has 2 N–H and O–H groups in total. The molecule has 0 radical (unpaired) electrons. The number of esters is 1. The number of hydrogen-bond acceptors (Lipinski definition) is 6. The first-order chi connectivity index (χ1) is 11.6. The number of carbonyl (C=O) groups excluding carboxylic acids is 1. The summed E-state index contributed by atoms with van der Waals surface area (Å²) >= 11 is 0.781. The van der Waals surface area contributed by atoms with Crippen LogP contribution in [-0.4, -0.2) is 32.7 Å². The molecule has 0 aliphatic heterocycles. The van der Waals surface area contributed by atoms with Crippen LogP contribution in [0.5, 0.6) is 0 Å². The van der Waals surface area contributed by atoms with Gasteiger partial charge in [-0.15, -0.1) is 10.2 Å².